The highest BCUT2D eigenvalue weighted by Crippen LogP contribution is 2.38. The third-order valence-corrected chi connectivity index (χ3v) is 5.03. The van der Waals surface area contributed by atoms with E-state index in [9.17, 15) is 9.59 Å². The van der Waals surface area contributed by atoms with Crippen molar-refractivity contribution in [3.05, 3.63) is 11.7 Å². The molecule has 0 radical (unpaired) electrons. The highest BCUT2D eigenvalue weighted by molar-refractivity contribution is 7.99. The second-order valence-electron chi connectivity index (χ2n) is 5.73. The fourth-order valence-corrected chi connectivity index (χ4v) is 3.65. The molecule has 120 valence electrons. The molecule has 0 aromatic carbocycles. The first-order valence-electron chi connectivity index (χ1n) is 7.55. The number of amides is 1. The van der Waals surface area contributed by atoms with Crippen molar-refractivity contribution in [2.24, 2.45) is 0 Å². The molecular formula is C14H19N3O4S. The highest BCUT2D eigenvalue weighted by Gasteiger charge is 2.30. The molecule has 8 heteroatoms. The van der Waals surface area contributed by atoms with Crippen LogP contribution in [-0.2, 0) is 16.0 Å². The summed E-state index contributed by atoms with van der Waals surface area (Å²) in [5.74, 6) is 2.33. The van der Waals surface area contributed by atoms with Crippen LogP contribution < -0.4 is 0 Å². The molecule has 1 unspecified atom stereocenters. The number of aliphatic carboxylic acids is 1. The number of carboxylic acid groups (broad SMARTS) is 1. The number of rotatable bonds is 6. The van der Waals surface area contributed by atoms with Crippen molar-refractivity contribution in [2.75, 3.05) is 18.1 Å². The van der Waals surface area contributed by atoms with Gasteiger partial charge in [-0.1, -0.05) is 5.16 Å². The quantitative estimate of drug-likeness (QED) is 0.842. The lowest BCUT2D eigenvalue weighted by Crippen LogP contribution is -2.47. The second kappa shape index (κ2) is 6.68. The second-order valence-corrected chi connectivity index (χ2v) is 6.88. The number of aromatic nitrogens is 2. The largest absolute Gasteiger partial charge is 0.481 e. The summed E-state index contributed by atoms with van der Waals surface area (Å²) in [5, 5.41) is 12.9. The van der Waals surface area contributed by atoms with Crippen molar-refractivity contribution in [2.45, 2.75) is 44.1 Å². The Labute approximate surface area is 132 Å². The van der Waals surface area contributed by atoms with Gasteiger partial charge in [-0.3, -0.25) is 9.59 Å². The minimum Gasteiger partial charge on any atom is -0.481 e. The fourth-order valence-electron chi connectivity index (χ4n) is 2.59. The van der Waals surface area contributed by atoms with E-state index in [1.54, 1.807) is 16.7 Å². The van der Waals surface area contributed by atoms with Crippen molar-refractivity contribution >= 4 is 23.6 Å². The fraction of sp³-hybridized carbons (Fsp3) is 0.714. The SMILES string of the molecule is O=C(O)CC1CSCCN1C(=O)CCc1nc(C2CC2)no1. The standard InChI is InChI=1S/C14H19N3O4S/c18-12(17-5-6-22-8-10(17)7-13(19)20)4-3-11-15-14(16-21-11)9-1-2-9/h9-10H,1-8H2,(H,19,20). The first-order chi connectivity index (χ1) is 10.6. The Morgan fingerprint density at radius 3 is 2.95 bits per heavy atom. The lowest BCUT2D eigenvalue weighted by Gasteiger charge is -2.34. The van der Waals surface area contributed by atoms with Gasteiger partial charge in [-0.05, 0) is 12.8 Å². The topological polar surface area (TPSA) is 96.5 Å². The van der Waals surface area contributed by atoms with Crippen LogP contribution in [-0.4, -0.2) is 56.1 Å². The predicted molar refractivity (Wildman–Crippen MR) is 79.7 cm³/mol. The number of carbonyl (C=O) groups is 2. The predicted octanol–water partition coefficient (Wildman–Crippen LogP) is 1.30. The van der Waals surface area contributed by atoms with Crippen LogP contribution in [0.1, 0.15) is 43.3 Å². The summed E-state index contributed by atoms with van der Waals surface area (Å²) in [5.41, 5.74) is 0. The van der Waals surface area contributed by atoms with E-state index in [1.165, 1.54) is 0 Å². The molecule has 2 fully saturated rings. The minimum atomic E-state index is -0.865. The Kier molecular flexibility index (Phi) is 4.66. The van der Waals surface area contributed by atoms with Crippen LogP contribution in [0.15, 0.2) is 4.52 Å². The number of carbonyl (C=O) groups excluding carboxylic acids is 1. The molecule has 7 nitrogen and oxygen atoms in total. The van der Waals surface area contributed by atoms with E-state index >= 15 is 0 Å². The van der Waals surface area contributed by atoms with Crippen LogP contribution in [0.2, 0.25) is 0 Å². The third kappa shape index (κ3) is 3.79. The molecule has 1 aromatic heterocycles. The van der Waals surface area contributed by atoms with Crippen molar-refractivity contribution in [1.82, 2.24) is 15.0 Å². The van der Waals surface area contributed by atoms with Gasteiger partial charge in [0.2, 0.25) is 11.8 Å². The lowest BCUT2D eigenvalue weighted by molar-refractivity contribution is -0.140. The molecule has 0 spiro atoms. The molecule has 0 bridgehead atoms. The van der Waals surface area contributed by atoms with E-state index in [0.29, 0.717) is 30.5 Å². The molecule has 1 saturated carbocycles. The molecule has 1 amide bonds. The molecule has 2 aliphatic rings. The zero-order valence-electron chi connectivity index (χ0n) is 12.2. The molecule has 3 rings (SSSR count). The third-order valence-electron chi connectivity index (χ3n) is 3.94. The molecule has 1 aromatic rings. The molecular weight excluding hydrogens is 306 g/mol. The molecule has 1 N–H and O–H groups in total. The van der Waals surface area contributed by atoms with Gasteiger partial charge in [0.05, 0.1) is 12.5 Å². The Hall–Kier alpha value is -1.57. The summed E-state index contributed by atoms with van der Waals surface area (Å²) in [6.45, 7) is 0.610. The number of hydrogen-bond acceptors (Lipinski definition) is 6. The van der Waals surface area contributed by atoms with Crippen LogP contribution in [0.4, 0.5) is 0 Å². The Balaban J connectivity index is 1.53. The Morgan fingerprint density at radius 2 is 2.23 bits per heavy atom. The van der Waals surface area contributed by atoms with E-state index in [0.717, 1.165) is 24.4 Å². The van der Waals surface area contributed by atoms with Crippen molar-refractivity contribution in [3.63, 3.8) is 0 Å². The lowest BCUT2D eigenvalue weighted by atomic mass is 10.1. The summed E-state index contributed by atoms with van der Waals surface area (Å²) in [6, 6.07) is -0.214. The average molecular weight is 325 g/mol. The maximum Gasteiger partial charge on any atom is 0.305 e. The Bertz CT molecular complexity index is 558. The zero-order valence-corrected chi connectivity index (χ0v) is 13.0. The smallest absolute Gasteiger partial charge is 0.305 e. The summed E-state index contributed by atoms with van der Waals surface area (Å²) >= 11 is 1.70. The van der Waals surface area contributed by atoms with Gasteiger partial charge in [-0.15, -0.1) is 0 Å². The van der Waals surface area contributed by atoms with Crippen LogP contribution in [0, 0.1) is 0 Å². The average Bonchev–Trinajstić information content (AvgIpc) is 3.24. The van der Waals surface area contributed by atoms with Crippen molar-refractivity contribution in [3.8, 4) is 0 Å². The van der Waals surface area contributed by atoms with Crippen molar-refractivity contribution in [1.29, 1.82) is 0 Å². The van der Waals surface area contributed by atoms with E-state index in [-0.39, 0.29) is 24.8 Å². The molecule has 1 aliphatic carbocycles. The minimum absolute atomic E-state index is 0.00509. The molecule has 22 heavy (non-hydrogen) atoms. The first kappa shape index (κ1) is 15.3. The van der Waals surface area contributed by atoms with E-state index in [1.807, 2.05) is 0 Å². The van der Waals surface area contributed by atoms with E-state index in [4.69, 9.17) is 9.63 Å². The molecule has 1 atom stereocenters. The molecule has 2 heterocycles. The normalized spacial score (nSPS) is 21.8. The van der Waals surface area contributed by atoms with Gasteiger partial charge in [-0.2, -0.15) is 16.7 Å². The number of hydrogen-bond donors (Lipinski definition) is 1. The summed E-state index contributed by atoms with van der Waals surface area (Å²) in [7, 11) is 0. The van der Waals surface area contributed by atoms with Crippen LogP contribution in [0.3, 0.4) is 0 Å². The van der Waals surface area contributed by atoms with Gasteiger partial charge in [0.25, 0.3) is 0 Å². The monoisotopic (exact) mass is 325 g/mol. The first-order valence-corrected chi connectivity index (χ1v) is 8.70. The maximum absolute atomic E-state index is 12.4. The number of carboxylic acids is 1. The summed E-state index contributed by atoms with van der Waals surface area (Å²) in [4.78, 5) is 29.3. The van der Waals surface area contributed by atoms with E-state index < -0.39 is 5.97 Å². The summed E-state index contributed by atoms with van der Waals surface area (Å²) < 4.78 is 5.17. The van der Waals surface area contributed by atoms with Crippen molar-refractivity contribution < 1.29 is 19.2 Å². The van der Waals surface area contributed by atoms with Crippen LogP contribution in [0.25, 0.3) is 0 Å². The van der Waals surface area contributed by atoms with Crippen LogP contribution in [0.5, 0.6) is 0 Å². The zero-order chi connectivity index (χ0) is 15.5. The van der Waals surface area contributed by atoms with Gasteiger partial charge >= 0.3 is 5.97 Å². The summed E-state index contributed by atoms with van der Waals surface area (Å²) in [6.07, 6.45) is 2.93. The van der Waals surface area contributed by atoms with Gasteiger partial charge < -0.3 is 14.5 Å². The van der Waals surface area contributed by atoms with Gasteiger partial charge in [-0.25, -0.2) is 0 Å². The maximum atomic E-state index is 12.4. The van der Waals surface area contributed by atoms with Gasteiger partial charge in [0.1, 0.15) is 0 Å². The number of thioether (sulfide) groups is 1. The number of nitrogens with zero attached hydrogens (tertiary/aromatic N) is 3. The number of aryl methyl sites for hydroxylation is 1. The van der Waals surface area contributed by atoms with Gasteiger partial charge in [0.15, 0.2) is 5.82 Å². The van der Waals surface area contributed by atoms with Crippen LogP contribution >= 0.6 is 11.8 Å². The molecule has 1 aliphatic heterocycles. The molecule has 1 saturated heterocycles. The van der Waals surface area contributed by atoms with E-state index in [2.05, 4.69) is 10.1 Å². The van der Waals surface area contributed by atoms with Gasteiger partial charge in [0, 0.05) is 36.8 Å². The highest BCUT2D eigenvalue weighted by atomic mass is 32.2. The Morgan fingerprint density at radius 1 is 1.41 bits per heavy atom.